The molecule has 0 spiro atoms. The van der Waals surface area contributed by atoms with E-state index in [1.54, 1.807) is 7.11 Å². The normalized spacial score (nSPS) is 11.7. The summed E-state index contributed by atoms with van der Waals surface area (Å²) in [5.41, 5.74) is 8.62. The number of carbonyl (C=O) groups is 1. The molecule has 0 amide bonds. The minimum absolute atomic E-state index is 0.291. The van der Waals surface area contributed by atoms with Crippen molar-refractivity contribution in [2.75, 3.05) is 7.11 Å². The van der Waals surface area contributed by atoms with Gasteiger partial charge in [0.05, 0.1) is 12.6 Å². The molecule has 0 bridgehead atoms. The Balaban J connectivity index is 0.00000106. The van der Waals surface area contributed by atoms with Crippen molar-refractivity contribution in [3.05, 3.63) is 29.5 Å². The summed E-state index contributed by atoms with van der Waals surface area (Å²) in [6, 6.07) is 4.87. The van der Waals surface area contributed by atoms with Gasteiger partial charge < -0.3 is 20.1 Å². The van der Waals surface area contributed by atoms with Gasteiger partial charge in [-0.2, -0.15) is 0 Å². The molecule has 3 N–H and O–H groups in total. The van der Waals surface area contributed by atoms with Gasteiger partial charge in [0.15, 0.2) is 0 Å². The molecule has 1 aromatic heterocycles. The topological polar surface area (TPSA) is 77.5 Å². The third-order valence-electron chi connectivity index (χ3n) is 3.57. The van der Waals surface area contributed by atoms with Gasteiger partial charge in [-0.3, -0.25) is 4.79 Å². The van der Waals surface area contributed by atoms with Gasteiger partial charge in [-0.05, 0) is 24.6 Å². The van der Waals surface area contributed by atoms with Crippen molar-refractivity contribution in [2.24, 2.45) is 12.8 Å². The number of ether oxygens (including phenoxy) is 1. The lowest BCUT2D eigenvalue weighted by Gasteiger charge is -2.08. The Morgan fingerprint density at radius 3 is 2.57 bits per heavy atom. The van der Waals surface area contributed by atoms with Crippen molar-refractivity contribution in [3.63, 3.8) is 0 Å². The number of benzene rings is 1. The molecule has 2 rings (SSSR count). The summed E-state index contributed by atoms with van der Waals surface area (Å²) in [7, 11) is 3.56. The van der Waals surface area contributed by atoms with Crippen molar-refractivity contribution in [1.82, 2.24) is 4.57 Å². The SMILES string of the molecule is CC.COc1cccc2c1c(CC(N)C(=O)O)c(C)n2C. The summed E-state index contributed by atoms with van der Waals surface area (Å²) < 4.78 is 7.41. The number of nitrogens with two attached hydrogens (primary N) is 1. The van der Waals surface area contributed by atoms with E-state index in [0.29, 0.717) is 6.42 Å². The Morgan fingerprint density at radius 1 is 1.43 bits per heavy atom. The number of nitrogens with zero attached hydrogens (tertiary/aromatic N) is 1. The van der Waals surface area contributed by atoms with Gasteiger partial charge in [0, 0.05) is 24.5 Å². The Morgan fingerprint density at radius 2 is 2.05 bits per heavy atom. The average molecular weight is 292 g/mol. The molecule has 0 aliphatic heterocycles. The highest BCUT2D eigenvalue weighted by Crippen LogP contribution is 2.33. The quantitative estimate of drug-likeness (QED) is 0.907. The van der Waals surface area contributed by atoms with Crippen molar-refractivity contribution in [3.8, 4) is 5.75 Å². The van der Waals surface area contributed by atoms with E-state index >= 15 is 0 Å². The summed E-state index contributed by atoms with van der Waals surface area (Å²) in [4.78, 5) is 10.9. The molecule has 5 heteroatoms. The molecule has 2 aromatic rings. The zero-order valence-corrected chi connectivity index (χ0v) is 13.3. The maximum absolute atomic E-state index is 10.9. The molecule has 0 radical (unpaired) electrons. The van der Waals surface area contributed by atoms with Crippen LogP contribution in [0.3, 0.4) is 0 Å². The van der Waals surface area contributed by atoms with Crippen LogP contribution in [0.25, 0.3) is 10.9 Å². The maximum Gasteiger partial charge on any atom is 0.320 e. The van der Waals surface area contributed by atoms with E-state index in [2.05, 4.69) is 0 Å². The van der Waals surface area contributed by atoms with Crippen LogP contribution >= 0.6 is 0 Å². The molecule has 0 fully saturated rings. The highest BCUT2D eigenvalue weighted by Gasteiger charge is 2.20. The van der Waals surface area contributed by atoms with Crippen LogP contribution in [0, 0.1) is 6.92 Å². The molecular formula is C16H24N2O3. The van der Waals surface area contributed by atoms with E-state index in [9.17, 15) is 4.79 Å². The summed E-state index contributed by atoms with van der Waals surface area (Å²) in [6.45, 7) is 5.96. The first-order chi connectivity index (χ1) is 9.97. The minimum atomic E-state index is -0.994. The van der Waals surface area contributed by atoms with E-state index in [4.69, 9.17) is 15.6 Å². The van der Waals surface area contributed by atoms with Crippen molar-refractivity contribution >= 4 is 16.9 Å². The average Bonchev–Trinajstić information content (AvgIpc) is 2.74. The predicted molar refractivity (Wildman–Crippen MR) is 84.9 cm³/mol. The largest absolute Gasteiger partial charge is 0.496 e. The van der Waals surface area contributed by atoms with Crippen LogP contribution in [0.4, 0.5) is 0 Å². The Labute approximate surface area is 125 Å². The Hall–Kier alpha value is -2.01. The van der Waals surface area contributed by atoms with Crippen LogP contribution in [-0.2, 0) is 18.3 Å². The first-order valence-electron chi connectivity index (χ1n) is 7.06. The number of aliphatic carboxylic acids is 1. The van der Waals surface area contributed by atoms with Gasteiger partial charge in [0.2, 0.25) is 0 Å². The lowest BCUT2D eigenvalue weighted by atomic mass is 10.0. The third-order valence-corrected chi connectivity index (χ3v) is 3.57. The lowest BCUT2D eigenvalue weighted by molar-refractivity contribution is -0.138. The molecule has 5 nitrogen and oxygen atoms in total. The number of hydrogen-bond donors (Lipinski definition) is 2. The predicted octanol–water partition coefficient (Wildman–Crippen LogP) is 2.48. The molecule has 0 saturated carbocycles. The number of aromatic nitrogens is 1. The van der Waals surface area contributed by atoms with Gasteiger partial charge in [0.1, 0.15) is 11.8 Å². The van der Waals surface area contributed by atoms with Crippen molar-refractivity contribution < 1.29 is 14.6 Å². The standard InChI is InChI=1S/C14H18N2O3.C2H6/c1-8-9(7-10(15)14(17)18)13-11(16(8)2)5-4-6-12(13)19-3;1-2/h4-6,10H,7,15H2,1-3H3,(H,17,18);1-2H3. The number of methoxy groups -OCH3 is 1. The van der Waals surface area contributed by atoms with E-state index in [1.807, 2.05) is 50.6 Å². The Bertz CT molecular complexity index is 632. The number of rotatable bonds is 4. The van der Waals surface area contributed by atoms with Gasteiger partial charge in [-0.15, -0.1) is 0 Å². The fourth-order valence-corrected chi connectivity index (χ4v) is 2.39. The molecule has 1 heterocycles. The Kier molecular flexibility index (Phi) is 5.79. The van der Waals surface area contributed by atoms with Crippen LogP contribution in [-0.4, -0.2) is 28.8 Å². The number of fused-ring (bicyclic) bond motifs is 1. The molecule has 21 heavy (non-hydrogen) atoms. The van der Waals surface area contributed by atoms with Crippen LogP contribution < -0.4 is 10.5 Å². The van der Waals surface area contributed by atoms with Crippen molar-refractivity contribution in [2.45, 2.75) is 33.2 Å². The van der Waals surface area contributed by atoms with Gasteiger partial charge >= 0.3 is 5.97 Å². The van der Waals surface area contributed by atoms with Crippen LogP contribution in [0.15, 0.2) is 18.2 Å². The van der Waals surface area contributed by atoms with Crippen LogP contribution in [0.1, 0.15) is 25.1 Å². The molecule has 116 valence electrons. The summed E-state index contributed by atoms with van der Waals surface area (Å²) in [5, 5.41) is 9.92. The lowest BCUT2D eigenvalue weighted by Crippen LogP contribution is -2.32. The summed E-state index contributed by atoms with van der Waals surface area (Å²) in [5.74, 6) is -0.250. The molecule has 1 aromatic carbocycles. The number of aryl methyl sites for hydroxylation is 1. The fourth-order valence-electron chi connectivity index (χ4n) is 2.39. The molecule has 0 aliphatic rings. The first-order valence-corrected chi connectivity index (χ1v) is 7.06. The zero-order chi connectivity index (χ0) is 16.2. The highest BCUT2D eigenvalue weighted by molar-refractivity contribution is 5.92. The number of hydrogen-bond acceptors (Lipinski definition) is 3. The number of carboxylic acid groups (broad SMARTS) is 1. The van der Waals surface area contributed by atoms with Crippen LogP contribution in [0.5, 0.6) is 5.75 Å². The van der Waals surface area contributed by atoms with Gasteiger partial charge in [0.25, 0.3) is 0 Å². The molecule has 1 atom stereocenters. The number of carboxylic acids is 1. The van der Waals surface area contributed by atoms with Gasteiger partial charge in [-0.1, -0.05) is 19.9 Å². The van der Waals surface area contributed by atoms with Crippen LogP contribution in [0.2, 0.25) is 0 Å². The van der Waals surface area contributed by atoms with Gasteiger partial charge in [-0.25, -0.2) is 0 Å². The third kappa shape index (κ3) is 3.19. The summed E-state index contributed by atoms with van der Waals surface area (Å²) in [6.07, 6.45) is 0.291. The summed E-state index contributed by atoms with van der Waals surface area (Å²) >= 11 is 0. The molecule has 1 unspecified atom stereocenters. The minimum Gasteiger partial charge on any atom is -0.496 e. The van der Waals surface area contributed by atoms with E-state index in [-0.39, 0.29) is 0 Å². The van der Waals surface area contributed by atoms with Crippen molar-refractivity contribution in [1.29, 1.82) is 0 Å². The second-order valence-electron chi connectivity index (χ2n) is 4.63. The monoisotopic (exact) mass is 292 g/mol. The van der Waals surface area contributed by atoms with E-state index in [0.717, 1.165) is 27.9 Å². The molecule has 0 saturated heterocycles. The maximum atomic E-state index is 10.9. The second-order valence-corrected chi connectivity index (χ2v) is 4.63. The first kappa shape index (κ1) is 17.0. The van der Waals surface area contributed by atoms with E-state index in [1.165, 1.54) is 0 Å². The second kappa shape index (κ2) is 7.13. The molecular weight excluding hydrogens is 268 g/mol. The van der Waals surface area contributed by atoms with E-state index < -0.39 is 12.0 Å². The highest BCUT2D eigenvalue weighted by atomic mass is 16.5. The smallest absolute Gasteiger partial charge is 0.320 e. The zero-order valence-electron chi connectivity index (χ0n) is 13.3. The fraction of sp³-hybridized carbons (Fsp3) is 0.438. The molecule has 0 aliphatic carbocycles.